The summed E-state index contributed by atoms with van der Waals surface area (Å²) in [5, 5.41) is 8.76. The SMILES string of the molecule is c1ccc(-c2nn(-c3ccccc3)c3c2c(-c2ccc(-c4cc(-c5ccccn5)nc(-c5ccccn5)c4)cc2)cc2ccccc23)cc1. The highest BCUT2D eigenvalue weighted by molar-refractivity contribution is 6.17. The van der Waals surface area contributed by atoms with E-state index in [1.54, 1.807) is 12.4 Å². The highest BCUT2D eigenvalue weighted by atomic mass is 15.3. The number of nitrogens with zero attached hydrogens (tertiary/aromatic N) is 5. The van der Waals surface area contributed by atoms with Gasteiger partial charge in [0.25, 0.3) is 0 Å². The number of para-hydroxylation sites is 1. The fourth-order valence-corrected chi connectivity index (χ4v) is 6.60. The first-order chi connectivity index (χ1) is 24.3. The van der Waals surface area contributed by atoms with E-state index in [0.29, 0.717) is 0 Å². The molecule has 9 rings (SSSR count). The maximum Gasteiger partial charge on any atom is 0.101 e. The van der Waals surface area contributed by atoms with E-state index in [1.165, 1.54) is 5.39 Å². The first-order valence-corrected chi connectivity index (χ1v) is 16.3. The molecule has 230 valence electrons. The number of benzene rings is 5. The largest absolute Gasteiger partial charge is 0.255 e. The standard InChI is InChI=1S/C44H29N5/c1-3-13-32(14-4-1)43-42-37(27-33-15-7-8-18-36(33)44(42)49(48-43)35-16-5-2-6-17-35)31-23-21-30(22-24-31)34-28-40(38-19-9-11-25-45-38)47-41(29-34)39-20-10-12-26-46-39/h1-29H. The van der Waals surface area contributed by atoms with Gasteiger partial charge in [-0.2, -0.15) is 5.10 Å². The normalized spacial score (nSPS) is 11.3. The van der Waals surface area contributed by atoms with Crippen LogP contribution in [-0.2, 0) is 0 Å². The minimum atomic E-state index is 0.805. The van der Waals surface area contributed by atoms with Crippen LogP contribution in [-0.4, -0.2) is 24.7 Å². The highest BCUT2D eigenvalue weighted by Gasteiger charge is 2.21. The Balaban J connectivity index is 1.24. The second-order valence-corrected chi connectivity index (χ2v) is 12.0. The van der Waals surface area contributed by atoms with Crippen LogP contribution in [0.4, 0.5) is 0 Å². The molecule has 0 unspecified atom stereocenters. The predicted octanol–water partition coefficient (Wildman–Crippen LogP) is 10.7. The summed E-state index contributed by atoms with van der Waals surface area (Å²) in [4.78, 5) is 14.1. The van der Waals surface area contributed by atoms with Crippen molar-refractivity contribution < 1.29 is 0 Å². The number of pyridine rings is 3. The summed E-state index contributed by atoms with van der Waals surface area (Å²) in [5.41, 5.74) is 11.8. The minimum Gasteiger partial charge on any atom is -0.255 e. The molecule has 0 aliphatic rings. The molecular formula is C44H29N5. The lowest BCUT2D eigenvalue weighted by molar-refractivity contribution is 0.918. The van der Waals surface area contributed by atoms with Gasteiger partial charge in [0, 0.05) is 28.7 Å². The maximum absolute atomic E-state index is 5.31. The van der Waals surface area contributed by atoms with Crippen LogP contribution in [0.5, 0.6) is 0 Å². The minimum absolute atomic E-state index is 0.805. The van der Waals surface area contributed by atoms with Crippen molar-refractivity contribution in [3.05, 3.63) is 176 Å². The van der Waals surface area contributed by atoms with Crippen LogP contribution in [0.2, 0.25) is 0 Å². The molecule has 0 saturated heterocycles. The predicted molar refractivity (Wildman–Crippen MR) is 199 cm³/mol. The van der Waals surface area contributed by atoms with Gasteiger partial charge in [0.05, 0.1) is 34.0 Å². The summed E-state index contributed by atoms with van der Waals surface area (Å²) in [7, 11) is 0. The zero-order valence-electron chi connectivity index (χ0n) is 26.5. The van der Waals surface area contributed by atoms with Gasteiger partial charge in [-0.15, -0.1) is 0 Å². The smallest absolute Gasteiger partial charge is 0.101 e. The molecule has 0 fully saturated rings. The van der Waals surface area contributed by atoms with Crippen molar-refractivity contribution in [2.75, 3.05) is 0 Å². The molecule has 0 N–H and O–H groups in total. The van der Waals surface area contributed by atoms with Crippen LogP contribution in [0.25, 0.3) is 83.6 Å². The van der Waals surface area contributed by atoms with E-state index >= 15 is 0 Å². The molecule has 0 atom stereocenters. The van der Waals surface area contributed by atoms with E-state index in [2.05, 4.69) is 130 Å². The number of rotatable bonds is 6. The molecule has 0 bridgehead atoms. The number of hydrogen-bond acceptors (Lipinski definition) is 4. The Morgan fingerprint density at radius 3 is 1.67 bits per heavy atom. The monoisotopic (exact) mass is 627 g/mol. The van der Waals surface area contributed by atoms with E-state index < -0.39 is 0 Å². The fraction of sp³-hybridized carbons (Fsp3) is 0. The Bertz CT molecular complexity index is 2500. The van der Waals surface area contributed by atoms with Gasteiger partial charge in [0.2, 0.25) is 0 Å². The molecule has 5 nitrogen and oxygen atoms in total. The van der Waals surface area contributed by atoms with Crippen molar-refractivity contribution in [1.82, 2.24) is 24.7 Å². The van der Waals surface area contributed by atoms with Crippen molar-refractivity contribution in [1.29, 1.82) is 0 Å². The molecule has 0 saturated carbocycles. The first-order valence-electron chi connectivity index (χ1n) is 16.3. The average Bonchev–Trinajstić information content (AvgIpc) is 3.60. The van der Waals surface area contributed by atoms with Crippen molar-refractivity contribution >= 4 is 21.7 Å². The lowest BCUT2D eigenvalue weighted by Crippen LogP contribution is -1.96. The van der Waals surface area contributed by atoms with Crippen LogP contribution >= 0.6 is 0 Å². The molecule has 0 spiro atoms. The van der Waals surface area contributed by atoms with Crippen molar-refractivity contribution in [3.8, 4) is 62.0 Å². The Labute approximate surface area is 283 Å². The summed E-state index contributed by atoms with van der Waals surface area (Å²) in [6, 6.07) is 56.6. The lowest BCUT2D eigenvalue weighted by atomic mass is 9.92. The Morgan fingerprint density at radius 2 is 1.02 bits per heavy atom. The summed E-state index contributed by atoms with van der Waals surface area (Å²) in [6.45, 7) is 0. The van der Waals surface area contributed by atoms with Gasteiger partial charge in [0.1, 0.15) is 5.69 Å². The van der Waals surface area contributed by atoms with E-state index in [9.17, 15) is 0 Å². The van der Waals surface area contributed by atoms with Gasteiger partial charge in [-0.05, 0) is 82.2 Å². The number of fused-ring (bicyclic) bond motifs is 3. The average molecular weight is 628 g/mol. The van der Waals surface area contributed by atoms with E-state index in [1.807, 2.05) is 48.5 Å². The topological polar surface area (TPSA) is 56.5 Å². The van der Waals surface area contributed by atoms with Crippen LogP contribution < -0.4 is 0 Å². The second-order valence-electron chi connectivity index (χ2n) is 12.0. The summed E-state index contributed by atoms with van der Waals surface area (Å²) in [5.74, 6) is 0. The van der Waals surface area contributed by atoms with Crippen molar-refractivity contribution in [3.63, 3.8) is 0 Å². The molecule has 5 aromatic carbocycles. The maximum atomic E-state index is 5.31. The van der Waals surface area contributed by atoms with Gasteiger partial charge in [0.15, 0.2) is 0 Å². The molecule has 0 radical (unpaired) electrons. The fourth-order valence-electron chi connectivity index (χ4n) is 6.60. The summed E-state index contributed by atoms with van der Waals surface area (Å²) < 4.78 is 2.10. The highest BCUT2D eigenvalue weighted by Crippen LogP contribution is 2.42. The summed E-state index contributed by atoms with van der Waals surface area (Å²) >= 11 is 0. The number of hydrogen-bond donors (Lipinski definition) is 0. The zero-order valence-corrected chi connectivity index (χ0v) is 26.5. The molecule has 9 aromatic rings. The Hall–Kier alpha value is -6.72. The van der Waals surface area contributed by atoms with Crippen LogP contribution in [0.3, 0.4) is 0 Å². The Kier molecular flexibility index (Phi) is 7.06. The first kappa shape index (κ1) is 28.5. The lowest BCUT2D eigenvalue weighted by Gasteiger charge is -2.12. The quantitative estimate of drug-likeness (QED) is 0.184. The van der Waals surface area contributed by atoms with Gasteiger partial charge < -0.3 is 0 Å². The molecule has 5 heteroatoms. The van der Waals surface area contributed by atoms with Crippen molar-refractivity contribution in [2.45, 2.75) is 0 Å². The van der Waals surface area contributed by atoms with E-state index in [-0.39, 0.29) is 0 Å². The molecule has 4 aromatic heterocycles. The van der Waals surface area contributed by atoms with Gasteiger partial charge >= 0.3 is 0 Å². The third-order valence-corrected chi connectivity index (χ3v) is 8.93. The van der Waals surface area contributed by atoms with Crippen LogP contribution in [0.15, 0.2) is 176 Å². The van der Waals surface area contributed by atoms with Gasteiger partial charge in [-0.1, -0.05) is 109 Å². The Morgan fingerprint density at radius 1 is 0.429 bits per heavy atom. The van der Waals surface area contributed by atoms with Gasteiger partial charge in [-0.3, -0.25) is 9.97 Å². The molecule has 49 heavy (non-hydrogen) atoms. The summed E-state index contributed by atoms with van der Waals surface area (Å²) in [6.07, 6.45) is 3.60. The number of aromatic nitrogens is 5. The molecular weight excluding hydrogens is 599 g/mol. The van der Waals surface area contributed by atoms with Crippen LogP contribution in [0.1, 0.15) is 0 Å². The molecule has 0 aliphatic carbocycles. The molecule has 0 amide bonds. The van der Waals surface area contributed by atoms with Gasteiger partial charge in [-0.25, -0.2) is 9.67 Å². The molecule has 4 heterocycles. The third kappa shape index (κ3) is 5.24. The van der Waals surface area contributed by atoms with Crippen LogP contribution in [0, 0.1) is 0 Å². The van der Waals surface area contributed by atoms with E-state index in [0.717, 1.165) is 78.3 Å². The zero-order chi connectivity index (χ0) is 32.6. The van der Waals surface area contributed by atoms with E-state index in [4.69, 9.17) is 10.1 Å². The third-order valence-electron chi connectivity index (χ3n) is 8.93. The second kappa shape index (κ2) is 12.1. The molecule has 0 aliphatic heterocycles. The van der Waals surface area contributed by atoms with Crippen molar-refractivity contribution in [2.24, 2.45) is 0 Å².